The Hall–Kier alpha value is -3.52. The number of nitrogens with one attached hydrogen (secondary N) is 1. The lowest BCUT2D eigenvalue weighted by molar-refractivity contribution is -0.118. The number of aromatic nitrogens is 3. The van der Waals surface area contributed by atoms with E-state index >= 15 is 0 Å². The molecule has 7 nitrogen and oxygen atoms in total. The zero-order valence-corrected chi connectivity index (χ0v) is 20.2. The Morgan fingerprint density at radius 3 is 2.71 bits per heavy atom. The van der Waals surface area contributed by atoms with Crippen molar-refractivity contribution in [3.8, 4) is 5.75 Å². The first-order valence-electron chi connectivity index (χ1n) is 11.2. The number of hydrogen-bond acceptors (Lipinski definition) is 6. The van der Waals surface area contributed by atoms with Gasteiger partial charge in [0.15, 0.2) is 11.0 Å². The number of aryl methyl sites for hydroxylation is 1. The van der Waals surface area contributed by atoms with Crippen molar-refractivity contribution in [1.82, 2.24) is 20.1 Å². The standard InChI is InChI=1S/C26H28N4O3S/c1-19-8-6-12-23(20(19)2)33-17-24-28-29-26(30(24)16-22-11-7-15-32-22)34-18-25(31)27-14-13-21-9-4-3-5-10-21/h3-12,15H,13-14,16-18H2,1-2H3,(H,27,31). The quantitative estimate of drug-likeness (QED) is 0.320. The second-order valence-corrected chi connectivity index (χ2v) is 8.87. The van der Waals surface area contributed by atoms with Crippen LogP contribution < -0.4 is 10.1 Å². The maximum atomic E-state index is 12.4. The molecule has 0 unspecified atom stereocenters. The topological polar surface area (TPSA) is 82.2 Å². The van der Waals surface area contributed by atoms with E-state index in [4.69, 9.17) is 9.15 Å². The minimum atomic E-state index is -0.0401. The number of carbonyl (C=O) groups is 1. The number of furan rings is 1. The zero-order valence-electron chi connectivity index (χ0n) is 19.4. The van der Waals surface area contributed by atoms with E-state index in [2.05, 4.69) is 40.6 Å². The SMILES string of the molecule is Cc1cccc(OCc2nnc(SCC(=O)NCCc3ccccc3)n2Cc2ccco2)c1C. The number of amides is 1. The first kappa shape index (κ1) is 23.6. The van der Waals surface area contributed by atoms with E-state index in [1.54, 1.807) is 6.26 Å². The van der Waals surface area contributed by atoms with E-state index in [9.17, 15) is 4.79 Å². The summed E-state index contributed by atoms with van der Waals surface area (Å²) in [4.78, 5) is 12.4. The van der Waals surface area contributed by atoms with Crippen LogP contribution in [0.25, 0.3) is 0 Å². The summed E-state index contributed by atoms with van der Waals surface area (Å²) in [6.45, 7) is 5.42. The number of thioether (sulfide) groups is 1. The molecule has 0 bridgehead atoms. The summed E-state index contributed by atoms with van der Waals surface area (Å²) in [7, 11) is 0. The van der Waals surface area contributed by atoms with Crippen LogP contribution in [0.5, 0.6) is 5.75 Å². The van der Waals surface area contributed by atoms with Gasteiger partial charge in [0.25, 0.3) is 0 Å². The summed E-state index contributed by atoms with van der Waals surface area (Å²) in [5, 5.41) is 12.3. The van der Waals surface area contributed by atoms with Crippen molar-refractivity contribution in [2.75, 3.05) is 12.3 Å². The van der Waals surface area contributed by atoms with E-state index in [0.717, 1.165) is 23.5 Å². The molecule has 1 N–H and O–H groups in total. The highest BCUT2D eigenvalue weighted by Crippen LogP contribution is 2.23. The molecule has 0 aliphatic carbocycles. The molecule has 8 heteroatoms. The van der Waals surface area contributed by atoms with Crippen LogP contribution in [0, 0.1) is 13.8 Å². The maximum absolute atomic E-state index is 12.4. The minimum absolute atomic E-state index is 0.0401. The first-order valence-corrected chi connectivity index (χ1v) is 12.2. The Morgan fingerprint density at radius 1 is 1.06 bits per heavy atom. The van der Waals surface area contributed by atoms with Gasteiger partial charge in [0.1, 0.15) is 18.1 Å². The third-order valence-electron chi connectivity index (χ3n) is 5.51. The molecule has 0 aliphatic rings. The average Bonchev–Trinajstić information content (AvgIpc) is 3.50. The third kappa shape index (κ3) is 6.29. The van der Waals surface area contributed by atoms with Crippen LogP contribution in [-0.2, 0) is 24.4 Å². The molecule has 0 aliphatic heterocycles. The van der Waals surface area contributed by atoms with Crippen LogP contribution in [0.3, 0.4) is 0 Å². The Balaban J connectivity index is 1.38. The molecule has 4 aromatic rings. The van der Waals surface area contributed by atoms with Crippen molar-refractivity contribution in [3.05, 3.63) is 95.2 Å². The van der Waals surface area contributed by atoms with Gasteiger partial charge in [-0.15, -0.1) is 10.2 Å². The largest absolute Gasteiger partial charge is 0.485 e. The molecule has 4 rings (SSSR count). The van der Waals surface area contributed by atoms with Gasteiger partial charge < -0.3 is 14.5 Å². The van der Waals surface area contributed by atoms with Gasteiger partial charge >= 0.3 is 0 Å². The molecule has 0 fully saturated rings. The van der Waals surface area contributed by atoms with Gasteiger partial charge in [-0.05, 0) is 55.2 Å². The summed E-state index contributed by atoms with van der Waals surface area (Å²) in [6.07, 6.45) is 2.44. The number of nitrogens with zero attached hydrogens (tertiary/aromatic N) is 3. The summed E-state index contributed by atoms with van der Waals surface area (Å²) in [6, 6.07) is 19.8. The zero-order chi connectivity index (χ0) is 23.8. The monoisotopic (exact) mass is 476 g/mol. The second-order valence-electron chi connectivity index (χ2n) is 7.93. The molecule has 2 aromatic heterocycles. The fourth-order valence-corrected chi connectivity index (χ4v) is 4.23. The van der Waals surface area contributed by atoms with E-state index in [1.807, 2.05) is 54.0 Å². The molecule has 0 spiro atoms. The highest BCUT2D eigenvalue weighted by Gasteiger charge is 2.17. The van der Waals surface area contributed by atoms with E-state index < -0.39 is 0 Å². The van der Waals surface area contributed by atoms with Crippen molar-refractivity contribution >= 4 is 17.7 Å². The summed E-state index contributed by atoms with van der Waals surface area (Å²) in [5.74, 6) is 2.48. The van der Waals surface area contributed by atoms with Crippen LogP contribution in [-0.4, -0.2) is 33.0 Å². The van der Waals surface area contributed by atoms with E-state index in [0.29, 0.717) is 24.1 Å². The van der Waals surface area contributed by atoms with Gasteiger partial charge in [0, 0.05) is 6.54 Å². The van der Waals surface area contributed by atoms with Gasteiger partial charge in [-0.3, -0.25) is 9.36 Å². The van der Waals surface area contributed by atoms with Gasteiger partial charge in [-0.25, -0.2) is 0 Å². The molecule has 0 atom stereocenters. The third-order valence-corrected chi connectivity index (χ3v) is 6.48. The smallest absolute Gasteiger partial charge is 0.230 e. The Kier molecular flexibility index (Phi) is 8.04. The van der Waals surface area contributed by atoms with Gasteiger partial charge in [0.2, 0.25) is 5.91 Å². The molecule has 34 heavy (non-hydrogen) atoms. The lowest BCUT2D eigenvalue weighted by Gasteiger charge is -2.12. The van der Waals surface area contributed by atoms with Crippen LogP contribution >= 0.6 is 11.8 Å². The van der Waals surface area contributed by atoms with E-state index in [-0.39, 0.29) is 18.3 Å². The predicted molar refractivity (Wildman–Crippen MR) is 132 cm³/mol. The molecule has 176 valence electrons. The van der Waals surface area contributed by atoms with Crippen LogP contribution in [0.1, 0.15) is 28.3 Å². The Bertz CT molecular complexity index is 1210. The molecular formula is C26H28N4O3S. The molecule has 1 amide bonds. The van der Waals surface area contributed by atoms with Crippen molar-refractivity contribution in [2.45, 2.75) is 38.6 Å². The van der Waals surface area contributed by atoms with Crippen LogP contribution in [0.2, 0.25) is 0 Å². The van der Waals surface area contributed by atoms with Crippen LogP contribution in [0.15, 0.2) is 76.5 Å². The molecule has 0 saturated heterocycles. The van der Waals surface area contributed by atoms with Crippen molar-refractivity contribution in [2.24, 2.45) is 0 Å². The summed E-state index contributed by atoms with van der Waals surface area (Å²) < 4.78 is 13.5. The number of rotatable bonds is 11. The van der Waals surface area contributed by atoms with Gasteiger partial charge in [-0.2, -0.15) is 0 Å². The minimum Gasteiger partial charge on any atom is -0.485 e. The molecule has 0 saturated carbocycles. The number of carbonyl (C=O) groups excluding carboxylic acids is 1. The summed E-state index contributed by atoms with van der Waals surface area (Å²) in [5.41, 5.74) is 3.47. The van der Waals surface area contributed by atoms with Gasteiger partial charge in [0.05, 0.1) is 18.6 Å². The van der Waals surface area contributed by atoms with Crippen molar-refractivity contribution in [1.29, 1.82) is 0 Å². The lowest BCUT2D eigenvalue weighted by Crippen LogP contribution is -2.27. The molecule has 2 heterocycles. The molecular weight excluding hydrogens is 448 g/mol. The molecule has 0 radical (unpaired) electrons. The van der Waals surface area contributed by atoms with Crippen molar-refractivity contribution < 1.29 is 13.9 Å². The Morgan fingerprint density at radius 2 is 1.91 bits per heavy atom. The second kappa shape index (κ2) is 11.6. The highest BCUT2D eigenvalue weighted by molar-refractivity contribution is 7.99. The lowest BCUT2D eigenvalue weighted by atomic mass is 10.1. The number of ether oxygens (including phenoxy) is 1. The molecule has 2 aromatic carbocycles. The first-order chi connectivity index (χ1) is 16.6. The summed E-state index contributed by atoms with van der Waals surface area (Å²) >= 11 is 1.35. The highest BCUT2D eigenvalue weighted by atomic mass is 32.2. The number of hydrogen-bond donors (Lipinski definition) is 1. The average molecular weight is 477 g/mol. The fraction of sp³-hybridized carbons (Fsp3) is 0.269. The van der Waals surface area contributed by atoms with Crippen LogP contribution in [0.4, 0.5) is 0 Å². The number of benzene rings is 2. The normalized spacial score (nSPS) is 10.9. The predicted octanol–water partition coefficient (Wildman–Crippen LogP) is 4.57. The maximum Gasteiger partial charge on any atom is 0.230 e. The Labute approximate surface area is 203 Å². The van der Waals surface area contributed by atoms with Gasteiger partial charge in [-0.1, -0.05) is 54.2 Å². The fourth-order valence-electron chi connectivity index (χ4n) is 3.44. The van der Waals surface area contributed by atoms with Crippen molar-refractivity contribution in [3.63, 3.8) is 0 Å². The van der Waals surface area contributed by atoms with E-state index in [1.165, 1.54) is 22.9 Å².